The van der Waals surface area contributed by atoms with Crippen LogP contribution in [0.1, 0.15) is 36.2 Å². The Morgan fingerprint density at radius 2 is 2.30 bits per heavy atom. The summed E-state index contributed by atoms with van der Waals surface area (Å²) in [4.78, 5) is 0. The second kappa shape index (κ2) is 7.76. The normalized spacial score (nSPS) is 18.9. The summed E-state index contributed by atoms with van der Waals surface area (Å²) in [6.07, 6.45) is 3.90. The Kier molecular flexibility index (Phi) is 6.01. The van der Waals surface area contributed by atoms with Crippen LogP contribution in [-0.2, 0) is 22.6 Å². The molecule has 20 heavy (non-hydrogen) atoms. The lowest BCUT2D eigenvalue weighted by atomic mass is 10.1. The van der Waals surface area contributed by atoms with Crippen molar-refractivity contribution in [2.75, 3.05) is 26.9 Å². The molecule has 1 saturated heterocycles. The molecule has 1 fully saturated rings. The van der Waals surface area contributed by atoms with Crippen LogP contribution in [0.2, 0.25) is 0 Å². The molecule has 1 aliphatic heterocycles. The average Bonchev–Trinajstić information content (AvgIpc) is 3.03. The molecule has 0 aromatic carbocycles. The van der Waals surface area contributed by atoms with Crippen LogP contribution in [0.4, 0.5) is 0 Å². The van der Waals surface area contributed by atoms with Crippen LogP contribution < -0.4 is 5.32 Å². The number of aryl methyl sites for hydroxylation is 2. The predicted octanol–water partition coefficient (Wildman–Crippen LogP) is 1.81. The van der Waals surface area contributed by atoms with E-state index >= 15 is 0 Å². The first-order chi connectivity index (χ1) is 9.72. The second-order valence-corrected chi connectivity index (χ2v) is 5.47. The van der Waals surface area contributed by atoms with Gasteiger partial charge in [0, 0.05) is 44.6 Å². The largest absolute Gasteiger partial charge is 0.383 e. The zero-order chi connectivity index (χ0) is 14.4. The number of methoxy groups -OCH3 is 1. The van der Waals surface area contributed by atoms with Crippen molar-refractivity contribution >= 4 is 0 Å². The summed E-state index contributed by atoms with van der Waals surface area (Å²) in [5.74, 6) is 0. The van der Waals surface area contributed by atoms with Gasteiger partial charge in [0.2, 0.25) is 0 Å². The van der Waals surface area contributed by atoms with Gasteiger partial charge in [0.25, 0.3) is 0 Å². The van der Waals surface area contributed by atoms with E-state index in [4.69, 9.17) is 9.47 Å². The monoisotopic (exact) mass is 281 g/mol. The number of hydrogen-bond acceptors (Lipinski definition) is 4. The maximum absolute atomic E-state index is 5.68. The number of nitrogens with zero attached hydrogens (tertiary/aromatic N) is 2. The van der Waals surface area contributed by atoms with Crippen LogP contribution >= 0.6 is 0 Å². The summed E-state index contributed by atoms with van der Waals surface area (Å²) in [5, 5.41) is 8.05. The van der Waals surface area contributed by atoms with Crippen molar-refractivity contribution in [1.82, 2.24) is 15.1 Å². The van der Waals surface area contributed by atoms with Crippen molar-refractivity contribution in [3.05, 3.63) is 17.0 Å². The zero-order valence-electron chi connectivity index (χ0n) is 12.9. The lowest BCUT2D eigenvalue weighted by Crippen LogP contribution is -2.19. The van der Waals surface area contributed by atoms with Gasteiger partial charge in [0.05, 0.1) is 18.4 Å². The number of aromatic nitrogens is 2. The Hall–Kier alpha value is -0.910. The van der Waals surface area contributed by atoms with Gasteiger partial charge in [-0.05, 0) is 33.1 Å². The highest BCUT2D eigenvalue weighted by Crippen LogP contribution is 2.18. The lowest BCUT2D eigenvalue weighted by Gasteiger charge is -2.10. The summed E-state index contributed by atoms with van der Waals surface area (Å²) in [6, 6.07) is 0. The highest BCUT2D eigenvalue weighted by molar-refractivity contribution is 5.24. The molecule has 1 atom stereocenters. The van der Waals surface area contributed by atoms with E-state index in [0.717, 1.165) is 45.0 Å². The topological polar surface area (TPSA) is 48.3 Å². The number of nitrogens with one attached hydrogen (secondary N) is 1. The molecule has 0 spiro atoms. The third-order valence-corrected chi connectivity index (χ3v) is 4.00. The number of hydrogen-bond donors (Lipinski definition) is 1. The highest BCUT2D eigenvalue weighted by atomic mass is 16.5. The van der Waals surface area contributed by atoms with Crippen LogP contribution in [0.25, 0.3) is 0 Å². The second-order valence-electron chi connectivity index (χ2n) is 5.47. The standard InChI is InChI=1S/C15H27N3O2/c1-12-15(11-16-7-10-19-3)13(2)18(17-12)8-6-14-5-4-9-20-14/h14,16H,4-11H2,1-3H3. The van der Waals surface area contributed by atoms with E-state index in [1.165, 1.54) is 24.1 Å². The third kappa shape index (κ3) is 4.04. The smallest absolute Gasteiger partial charge is 0.0641 e. The molecule has 2 heterocycles. The van der Waals surface area contributed by atoms with Gasteiger partial charge in [-0.15, -0.1) is 0 Å². The number of rotatable bonds is 8. The van der Waals surface area contributed by atoms with Crippen molar-refractivity contribution < 1.29 is 9.47 Å². The van der Waals surface area contributed by atoms with E-state index in [9.17, 15) is 0 Å². The SMILES string of the molecule is COCCNCc1c(C)nn(CCC2CCCO2)c1C. The van der Waals surface area contributed by atoms with Gasteiger partial charge in [-0.1, -0.05) is 0 Å². The fourth-order valence-corrected chi connectivity index (χ4v) is 2.73. The summed E-state index contributed by atoms with van der Waals surface area (Å²) < 4.78 is 12.8. The molecular weight excluding hydrogens is 254 g/mol. The Balaban J connectivity index is 1.86. The Morgan fingerprint density at radius 1 is 1.45 bits per heavy atom. The molecule has 0 radical (unpaired) electrons. The van der Waals surface area contributed by atoms with Gasteiger partial charge >= 0.3 is 0 Å². The van der Waals surface area contributed by atoms with E-state index in [2.05, 4.69) is 28.9 Å². The molecule has 0 bridgehead atoms. The van der Waals surface area contributed by atoms with Crippen LogP contribution in [0, 0.1) is 13.8 Å². The van der Waals surface area contributed by atoms with Crippen LogP contribution in [-0.4, -0.2) is 42.8 Å². The Bertz CT molecular complexity index is 411. The minimum absolute atomic E-state index is 0.433. The summed E-state index contributed by atoms with van der Waals surface area (Å²) in [6.45, 7) is 8.60. The molecule has 5 nitrogen and oxygen atoms in total. The first-order valence-corrected chi connectivity index (χ1v) is 7.56. The van der Waals surface area contributed by atoms with E-state index in [1.807, 2.05) is 0 Å². The van der Waals surface area contributed by atoms with Gasteiger partial charge < -0.3 is 14.8 Å². The molecule has 1 aliphatic rings. The van der Waals surface area contributed by atoms with Gasteiger partial charge in [-0.2, -0.15) is 5.10 Å². The quantitative estimate of drug-likeness (QED) is 0.738. The third-order valence-electron chi connectivity index (χ3n) is 4.00. The molecule has 0 aliphatic carbocycles. The lowest BCUT2D eigenvalue weighted by molar-refractivity contribution is 0.0992. The molecular formula is C15H27N3O2. The minimum atomic E-state index is 0.433. The molecule has 1 unspecified atom stereocenters. The van der Waals surface area contributed by atoms with Crippen molar-refractivity contribution in [1.29, 1.82) is 0 Å². The molecule has 1 aromatic heterocycles. The zero-order valence-corrected chi connectivity index (χ0v) is 12.9. The predicted molar refractivity (Wildman–Crippen MR) is 78.9 cm³/mol. The molecule has 0 saturated carbocycles. The minimum Gasteiger partial charge on any atom is -0.383 e. The van der Waals surface area contributed by atoms with E-state index < -0.39 is 0 Å². The molecule has 1 aromatic rings. The summed E-state index contributed by atoms with van der Waals surface area (Å²) in [5.41, 5.74) is 3.71. The van der Waals surface area contributed by atoms with Crippen LogP contribution in [0.3, 0.4) is 0 Å². The maximum Gasteiger partial charge on any atom is 0.0641 e. The molecule has 1 N–H and O–H groups in total. The summed E-state index contributed by atoms with van der Waals surface area (Å²) in [7, 11) is 1.72. The van der Waals surface area contributed by atoms with Crippen molar-refractivity contribution in [3.8, 4) is 0 Å². The van der Waals surface area contributed by atoms with Crippen LogP contribution in [0.5, 0.6) is 0 Å². The van der Waals surface area contributed by atoms with E-state index in [1.54, 1.807) is 7.11 Å². The Labute approximate surface area is 121 Å². The molecule has 5 heteroatoms. The molecule has 0 amide bonds. The first-order valence-electron chi connectivity index (χ1n) is 7.56. The fraction of sp³-hybridized carbons (Fsp3) is 0.800. The highest BCUT2D eigenvalue weighted by Gasteiger charge is 2.17. The van der Waals surface area contributed by atoms with Crippen molar-refractivity contribution in [2.45, 2.75) is 52.3 Å². The van der Waals surface area contributed by atoms with Gasteiger partial charge in [0.15, 0.2) is 0 Å². The van der Waals surface area contributed by atoms with Crippen LogP contribution in [0.15, 0.2) is 0 Å². The van der Waals surface area contributed by atoms with Crippen molar-refractivity contribution in [2.24, 2.45) is 0 Å². The maximum atomic E-state index is 5.68. The first kappa shape index (κ1) is 15.5. The Morgan fingerprint density at radius 3 is 3.00 bits per heavy atom. The number of ether oxygens (including phenoxy) is 2. The average molecular weight is 281 g/mol. The molecule has 2 rings (SSSR count). The van der Waals surface area contributed by atoms with Gasteiger partial charge in [-0.3, -0.25) is 4.68 Å². The van der Waals surface area contributed by atoms with E-state index in [0.29, 0.717) is 6.10 Å². The van der Waals surface area contributed by atoms with E-state index in [-0.39, 0.29) is 0 Å². The van der Waals surface area contributed by atoms with Gasteiger partial charge in [0.1, 0.15) is 0 Å². The molecule has 114 valence electrons. The summed E-state index contributed by atoms with van der Waals surface area (Å²) >= 11 is 0. The van der Waals surface area contributed by atoms with Gasteiger partial charge in [-0.25, -0.2) is 0 Å². The fourth-order valence-electron chi connectivity index (χ4n) is 2.73. The van der Waals surface area contributed by atoms with Crippen molar-refractivity contribution in [3.63, 3.8) is 0 Å².